The number of nitrogens with zero attached hydrogens (tertiary/aromatic N) is 2. The van der Waals surface area contributed by atoms with Gasteiger partial charge in [0.2, 0.25) is 0 Å². The minimum Gasteiger partial charge on any atom is -0.508 e. The molecule has 3 heteroatoms. The van der Waals surface area contributed by atoms with Crippen LogP contribution < -0.4 is 0 Å². The van der Waals surface area contributed by atoms with Crippen molar-refractivity contribution in [2.24, 2.45) is 5.92 Å². The van der Waals surface area contributed by atoms with Crippen LogP contribution in [0.15, 0.2) is 24.3 Å². The summed E-state index contributed by atoms with van der Waals surface area (Å²) in [6.07, 6.45) is 2.59. The topological polar surface area (TPSA) is 26.7 Å². The first kappa shape index (κ1) is 13.4. The van der Waals surface area contributed by atoms with Gasteiger partial charge in [0, 0.05) is 18.7 Å². The summed E-state index contributed by atoms with van der Waals surface area (Å²) in [5.74, 6) is 1.21. The lowest BCUT2D eigenvalue weighted by Gasteiger charge is -2.31. The van der Waals surface area contributed by atoms with E-state index in [0.717, 1.165) is 24.6 Å². The van der Waals surface area contributed by atoms with Gasteiger partial charge in [0.1, 0.15) is 5.75 Å². The maximum Gasteiger partial charge on any atom is 0.120 e. The molecule has 0 spiro atoms. The van der Waals surface area contributed by atoms with Crippen LogP contribution in [0.3, 0.4) is 0 Å². The van der Waals surface area contributed by atoms with E-state index in [2.05, 4.69) is 23.9 Å². The first-order valence-corrected chi connectivity index (χ1v) is 6.79. The highest BCUT2D eigenvalue weighted by atomic mass is 16.3. The Kier molecular flexibility index (Phi) is 4.61. The number of phenols is 1. The number of aromatic hydroxyl groups is 1. The summed E-state index contributed by atoms with van der Waals surface area (Å²) in [5, 5.41) is 9.77. The number of likely N-dealkylation sites (tertiary alicyclic amines) is 1. The molecule has 0 atom stereocenters. The van der Waals surface area contributed by atoms with Crippen molar-refractivity contribution >= 4 is 0 Å². The molecule has 3 nitrogen and oxygen atoms in total. The molecule has 1 N–H and O–H groups in total. The number of benzene rings is 1. The molecule has 100 valence electrons. The number of hydrogen-bond acceptors (Lipinski definition) is 3. The number of piperidine rings is 1. The van der Waals surface area contributed by atoms with Crippen LogP contribution >= 0.6 is 0 Å². The molecule has 2 rings (SSSR count). The second-order valence-electron chi connectivity index (χ2n) is 5.57. The molecule has 0 saturated carbocycles. The zero-order valence-electron chi connectivity index (χ0n) is 11.5. The number of hydrogen-bond donors (Lipinski definition) is 1. The fraction of sp³-hybridized carbons (Fsp3) is 0.600. The smallest absolute Gasteiger partial charge is 0.120 e. The van der Waals surface area contributed by atoms with E-state index in [1.807, 2.05) is 18.2 Å². The minimum absolute atomic E-state index is 0.410. The predicted molar refractivity (Wildman–Crippen MR) is 74.7 cm³/mol. The number of phenolic OH excluding ortho intramolecular Hbond substituents is 1. The maximum atomic E-state index is 9.77. The average Bonchev–Trinajstić information content (AvgIpc) is 2.35. The molecule has 1 saturated heterocycles. The Morgan fingerprint density at radius 3 is 2.61 bits per heavy atom. The molecular weight excluding hydrogens is 224 g/mol. The lowest BCUT2D eigenvalue weighted by Crippen LogP contribution is -2.35. The van der Waals surface area contributed by atoms with E-state index < -0.39 is 0 Å². The van der Waals surface area contributed by atoms with Crippen molar-refractivity contribution in [2.75, 3.05) is 33.7 Å². The molecule has 1 aromatic carbocycles. The summed E-state index contributed by atoms with van der Waals surface area (Å²) in [6, 6.07) is 7.62. The molecule has 0 amide bonds. The third-order valence-corrected chi connectivity index (χ3v) is 3.84. The average molecular weight is 248 g/mol. The third kappa shape index (κ3) is 3.72. The van der Waals surface area contributed by atoms with E-state index in [-0.39, 0.29) is 0 Å². The van der Waals surface area contributed by atoms with Gasteiger partial charge >= 0.3 is 0 Å². The maximum absolute atomic E-state index is 9.77. The van der Waals surface area contributed by atoms with Gasteiger partial charge in [0.05, 0.1) is 0 Å². The monoisotopic (exact) mass is 248 g/mol. The predicted octanol–water partition coefficient (Wildman–Crippen LogP) is 2.17. The minimum atomic E-state index is 0.410. The second kappa shape index (κ2) is 6.21. The fourth-order valence-corrected chi connectivity index (χ4v) is 2.69. The van der Waals surface area contributed by atoms with E-state index >= 15 is 0 Å². The summed E-state index contributed by atoms with van der Waals surface area (Å²) in [6.45, 7) is 4.39. The Labute approximate surface area is 110 Å². The van der Waals surface area contributed by atoms with Gasteiger partial charge in [-0.1, -0.05) is 18.2 Å². The molecular formula is C15H24N2O. The number of para-hydroxylation sites is 1. The van der Waals surface area contributed by atoms with Crippen LogP contribution in [0.4, 0.5) is 0 Å². The fourth-order valence-electron chi connectivity index (χ4n) is 2.69. The van der Waals surface area contributed by atoms with Crippen molar-refractivity contribution < 1.29 is 5.11 Å². The molecule has 0 aromatic heterocycles. The van der Waals surface area contributed by atoms with Crippen molar-refractivity contribution in [1.82, 2.24) is 9.80 Å². The van der Waals surface area contributed by atoms with Crippen molar-refractivity contribution in [1.29, 1.82) is 0 Å². The molecule has 0 radical (unpaired) electrons. The summed E-state index contributed by atoms with van der Waals surface area (Å²) in [5.41, 5.74) is 1.02. The molecule has 0 aliphatic carbocycles. The van der Waals surface area contributed by atoms with Crippen LogP contribution in [-0.4, -0.2) is 48.6 Å². The van der Waals surface area contributed by atoms with Crippen LogP contribution in [0.1, 0.15) is 18.4 Å². The molecule has 1 heterocycles. The van der Waals surface area contributed by atoms with Crippen molar-refractivity contribution in [2.45, 2.75) is 19.4 Å². The van der Waals surface area contributed by atoms with E-state index in [0.29, 0.717) is 5.75 Å². The van der Waals surface area contributed by atoms with Gasteiger partial charge in [-0.15, -0.1) is 0 Å². The van der Waals surface area contributed by atoms with E-state index in [1.165, 1.54) is 25.9 Å². The van der Waals surface area contributed by atoms with Crippen molar-refractivity contribution in [3.8, 4) is 5.75 Å². The molecule has 1 fully saturated rings. The number of rotatable bonds is 4. The normalized spacial score (nSPS) is 18.4. The van der Waals surface area contributed by atoms with Crippen LogP contribution in [0.2, 0.25) is 0 Å². The van der Waals surface area contributed by atoms with Crippen LogP contribution in [0, 0.1) is 5.92 Å². The zero-order valence-corrected chi connectivity index (χ0v) is 11.5. The van der Waals surface area contributed by atoms with Crippen molar-refractivity contribution in [3.63, 3.8) is 0 Å². The summed E-state index contributed by atoms with van der Waals surface area (Å²) in [7, 11) is 4.34. The Morgan fingerprint density at radius 1 is 1.28 bits per heavy atom. The SMILES string of the molecule is CN1CCC(CN(C)Cc2ccccc2O)CC1. The lowest BCUT2D eigenvalue weighted by molar-refractivity contribution is 0.173. The van der Waals surface area contributed by atoms with Crippen molar-refractivity contribution in [3.05, 3.63) is 29.8 Å². The highest BCUT2D eigenvalue weighted by Crippen LogP contribution is 2.20. The van der Waals surface area contributed by atoms with Gasteiger partial charge in [-0.25, -0.2) is 0 Å². The van der Waals surface area contributed by atoms with Gasteiger partial charge in [-0.05, 0) is 52.0 Å². The van der Waals surface area contributed by atoms with Crippen LogP contribution in [0.5, 0.6) is 5.75 Å². The van der Waals surface area contributed by atoms with Crippen LogP contribution in [0.25, 0.3) is 0 Å². The van der Waals surface area contributed by atoms with E-state index in [4.69, 9.17) is 0 Å². The second-order valence-corrected chi connectivity index (χ2v) is 5.57. The van der Waals surface area contributed by atoms with Gasteiger partial charge in [-0.2, -0.15) is 0 Å². The summed E-state index contributed by atoms with van der Waals surface area (Å²) < 4.78 is 0. The zero-order chi connectivity index (χ0) is 13.0. The largest absolute Gasteiger partial charge is 0.508 e. The first-order valence-electron chi connectivity index (χ1n) is 6.79. The Morgan fingerprint density at radius 2 is 1.94 bits per heavy atom. The van der Waals surface area contributed by atoms with Gasteiger partial charge in [0.15, 0.2) is 0 Å². The standard InChI is InChI=1S/C15H24N2O/c1-16-9-7-13(8-10-16)11-17(2)12-14-5-3-4-6-15(14)18/h3-6,13,18H,7-12H2,1-2H3. The molecule has 18 heavy (non-hydrogen) atoms. The molecule has 0 bridgehead atoms. The van der Waals surface area contributed by atoms with Gasteiger partial charge in [0.25, 0.3) is 0 Å². The molecule has 1 aromatic rings. The summed E-state index contributed by atoms with van der Waals surface area (Å²) >= 11 is 0. The summed E-state index contributed by atoms with van der Waals surface area (Å²) in [4.78, 5) is 4.73. The lowest BCUT2D eigenvalue weighted by atomic mass is 9.96. The van der Waals surface area contributed by atoms with Gasteiger partial charge in [-0.3, -0.25) is 0 Å². The molecule has 1 aliphatic heterocycles. The first-order chi connectivity index (χ1) is 8.65. The third-order valence-electron chi connectivity index (χ3n) is 3.84. The molecule has 1 aliphatic rings. The molecule has 0 unspecified atom stereocenters. The Hall–Kier alpha value is -1.06. The van der Waals surface area contributed by atoms with E-state index in [1.54, 1.807) is 6.07 Å². The quantitative estimate of drug-likeness (QED) is 0.884. The Balaban J connectivity index is 1.82. The highest BCUT2D eigenvalue weighted by molar-refractivity contribution is 5.31. The van der Waals surface area contributed by atoms with E-state index in [9.17, 15) is 5.11 Å². The highest BCUT2D eigenvalue weighted by Gasteiger charge is 2.18. The van der Waals surface area contributed by atoms with Crippen LogP contribution in [-0.2, 0) is 6.54 Å². The van der Waals surface area contributed by atoms with Gasteiger partial charge < -0.3 is 14.9 Å². The Bertz CT molecular complexity index is 373.